The first kappa shape index (κ1) is 20.2. The van der Waals surface area contributed by atoms with E-state index in [0.717, 1.165) is 12.8 Å². The Morgan fingerprint density at radius 1 is 1.42 bits per heavy atom. The zero-order valence-corrected chi connectivity index (χ0v) is 14.2. The highest BCUT2D eigenvalue weighted by Crippen LogP contribution is 2.28. The highest BCUT2D eigenvalue weighted by Gasteiger charge is 2.44. The highest BCUT2D eigenvalue weighted by molar-refractivity contribution is 5.83. The van der Waals surface area contributed by atoms with Gasteiger partial charge < -0.3 is 24.8 Å². The number of ether oxygens (including phenoxy) is 2. The molecule has 1 saturated heterocycles. The Kier molecular flexibility index (Phi) is 7.03. The van der Waals surface area contributed by atoms with Crippen LogP contribution in [0, 0.1) is 5.82 Å². The van der Waals surface area contributed by atoms with Crippen molar-refractivity contribution in [3.63, 3.8) is 0 Å². The Labute approximate surface area is 148 Å². The minimum absolute atomic E-state index is 0.154. The number of carbonyl (C=O) groups is 1. The van der Waals surface area contributed by atoms with Crippen LogP contribution in [0.15, 0.2) is 11.0 Å². The summed E-state index contributed by atoms with van der Waals surface area (Å²) in [5, 5.41) is 30.7. The second kappa shape index (κ2) is 9.03. The van der Waals surface area contributed by atoms with Gasteiger partial charge in [0.25, 0.3) is 0 Å². The molecule has 0 aliphatic carbocycles. The van der Waals surface area contributed by atoms with Crippen molar-refractivity contribution in [1.82, 2.24) is 9.55 Å². The number of nitrogens with one attached hydrogen (secondary N) is 1. The van der Waals surface area contributed by atoms with Crippen LogP contribution in [-0.2, 0) is 9.47 Å². The van der Waals surface area contributed by atoms with Crippen molar-refractivity contribution >= 4 is 11.9 Å². The second-order valence-corrected chi connectivity index (χ2v) is 5.82. The van der Waals surface area contributed by atoms with Gasteiger partial charge in [-0.2, -0.15) is 4.98 Å². The third-order valence-electron chi connectivity index (χ3n) is 3.90. The number of anilines is 1. The molecule has 26 heavy (non-hydrogen) atoms. The van der Waals surface area contributed by atoms with Gasteiger partial charge in [-0.15, -0.1) is 0 Å². The Morgan fingerprint density at radius 2 is 2.15 bits per heavy atom. The van der Waals surface area contributed by atoms with E-state index in [1.807, 2.05) is 12.2 Å². The van der Waals surface area contributed by atoms with Crippen molar-refractivity contribution in [2.45, 2.75) is 50.7 Å². The van der Waals surface area contributed by atoms with E-state index in [9.17, 15) is 24.2 Å². The molecule has 0 unspecified atom stereocenters. The van der Waals surface area contributed by atoms with Crippen LogP contribution in [0.2, 0.25) is 0 Å². The van der Waals surface area contributed by atoms with Gasteiger partial charge in [-0.25, -0.2) is 14.0 Å². The van der Waals surface area contributed by atoms with E-state index < -0.39 is 54.6 Å². The number of rotatable bonds is 7. The molecule has 1 amide bonds. The third-order valence-corrected chi connectivity index (χ3v) is 3.90. The maximum Gasteiger partial charge on any atom is 0.412 e. The van der Waals surface area contributed by atoms with Crippen molar-refractivity contribution in [1.29, 1.82) is 0 Å². The van der Waals surface area contributed by atoms with Crippen LogP contribution < -0.4 is 11.0 Å². The average Bonchev–Trinajstić information content (AvgIpc) is 2.89. The monoisotopic (exact) mass is 375 g/mol. The summed E-state index contributed by atoms with van der Waals surface area (Å²) >= 11 is 0. The first-order valence-corrected chi connectivity index (χ1v) is 8.24. The lowest BCUT2D eigenvalue weighted by molar-refractivity contribution is -0.0553. The molecule has 2 rings (SSSR count). The van der Waals surface area contributed by atoms with Crippen LogP contribution in [0.25, 0.3) is 0 Å². The summed E-state index contributed by atoms with van der Waals surface area (Å²) in [6, 6.07) is 0. The SMILES string of the molecule is CCCCCOC(=O)Nc1nc(=O)n([C@@H]2O[C@H](CO)[C@@H](O)[C@H]2O)cc1F. The number of nitrogens with zero attached hydrogens (tertiary/aromatic N) is 2. The predicted octanol–water partition coefficient (Wildman–Crippen LogP) is -0.267. The van der Waals surface area contributed by atoms with E-state index in [-0.39, 0.29) is 6.61 Å². The standard InChI is InChI=1S/C15H22FN3O7/c1-2-3-4-5-25-15(24)18-12-8(16)6-19(14(23)17-12)13-11(22)10(21)9(7-20)26-13/h6,9-11,13,20-22H,2-5,7H2,1H3,(H,17,18,23,24)/t9-,10-,11-,13-/m1/s1. The molecule has 11 heteroatoms. The van der Waals surface area contributed by atoms with Gasteiger partial charge >= 0.3 is 11.8 Å². The van der Waals surface area contributed by atoms with Crippen molar-refractivity contribution in [2.75, 3.05) is 18.5 Å². The number of amides is 1. The van der Waals surface area contributed by atoms with Crippen molar-refractivity contribution in [3.8, 4) is 0 Å². The van der Waals surface area contributed by atoms with Gasteiger partial charge in [0.05, 0.1) is 19.4 Å². The fourth-order valence-electron chi connectivity index (χ4n) is 2.47. The summed E-state index contributed by atoms with van der Waals surface area (Å²) in [5.74, 6) is -1.69. The zero-order chi connectivity index (χ0) is 19.3. The molecular formula is C15H22FN3O7. The molecule has 146 valence electrons. The van der Waals surface area contributed by atoms with Crippen LogP contribution >= 0.6 is 0 Å². The van der Waals surface area contributed by atoms with E-state index in [0.29, 0.717) is 17.2 Å². The third kappa shape index (κ3) is 4.55. The van der Waals surface area contributed by atoms with E-state index >= 15 is 0 Å². The molecule has 0 radical (unpaired) electrons. The van der Waals surface area contributed by atoms with Crippen LogP contribution in [0.3, 0.4) is 0 Å². The minimum Gasteiger partial charge on any atom is -0.449 e. The molecule has 4 atom stereocenters. The number of aromatic nitrogens is 2. The molecule has 0 saturated carbocycles. The highest BCUT2D eigenvalue weighted by atomic mass is 19.1. The zero-order valence-electron chi connectivity index (χ0n) is 14.2. The van der Waals surface area contributed by atoms with Crippen LogP contribution in [0.1, 0.15) is 32.4 Å². The molecule has 1 aliphatic heterocycles. The summed E-state index contributed by atoms with van der Waals surface area (Å²) < 4.78 is 24.8. The van der Waals surface area contributed by atoms with Gasteiger partial charge in [0.2, 0.25) is 0 Å². The Hall–Kier alpha value is -2.08. The van der Waals surface area contributed by atoms with E-state index in [1.54, 1.807) is 0 Å². The van der Waals surface area contributed by atoms with Crippen molar-refractivity contribution in [2.24, 2.45) is 0 Å². The summed E-state index contributed by atoms with van der Waals surface area (Å²) in [4.78, 5) is 27.0. The summed E-state index contributed by atoms with van der Waals surface area (Å²) in [6.45, 7) is 1.55. The normalized spacial score (nSPS) is 25.3. The van der Waals surface area contributed by atoms with Gasteiger partial charge in [-0.05, 0) is 6.42 Å². The van der Waals surface area contributed by atoms with Crippen molar-refractivity contribution in [3.05, 3.63) is 22.5 Å². The van der Waals surface area contributed by atoms with Crippen molar-refractivity contribution < 1.29 is 34.0 Å². The summed E-state index contributed by atoms with van der Waals surface area (Å²) in [5.41, 5.74) is -1.03. The molecule has 4 N–H and O–H groups in total. The molecule has 0 bridgehead atoms. The number of unbranched alkanes of at least 4 members (excludes halogenated alkanes) is 2. The van der Waals surface area contributed by atoms with Gasteiger partial charge in [-0.3, -0.25) is 9.88 Å². The number of aliphatic hydroxyl groups excluding tert-OH is 3. The quantitative estimate of drug-likeness (QED) is 0.477. The fraction of sp³-hybridized carbons (Fsp3) is 0.667. The maximum atomic E-state index is 14.1. The Bertz CT molecular complexity index is 684. The van der Waals surface area contributed by atoms with E-state index in [4.69, 9.17) is 14.6 Å². The fourth-order valence-corrected chi connectivity index (χ4v) is 2.47. The topological polar surface area (TPSA) is 143 Å². The molecule has 1 aromatic heterocycles. The maximum absolute atomic E-state index is 14.1. The lowest BCUT2D eigenvalue weighted by atomic mass is 10.1. The molecule has 2 heterocycles. The summed E-state index contributed by atoms with van der Waals surface area (Å²) in [7, 11) is 0. The summed E-state index contributed by atoms with van der Waals surface area (Å²) in [6.07, 6.45) is -3.34. The number of halogens is 1. The molecular weight excluding hydrogens is 353 g/mol. The molecule has 0 spiro atoms. The van der Waals surface area contributed by atoms with Gasteiger partial charge in [0.1, 0.15) is 18.3 Å². The predicted molar refractivity (Wildman–Crippen MR) is 86.0 cm³/mol. The van der Waals surface area contributed by atoms with Crippen LogP contribution in [-0.4, -0.2) is 62.5 Å². The second-order valence-electron chi connectivity index (χ2n) is 5.82. The van der Waals surface area contributed by atoms with Gasteiger partial charge in [0, 0.05) is 0 Å². The lowest BCUT2D eigenvalue weighted by Crippen LogP contribution is -2.36. The largest absolute Gasteiger partial charge is 0.449 e. The van der Waals surface area contributed by atoms with E-state index in [1.165, 1.54) is 0 Å². The van der Waals surface area contributed by atoms with Gasteiger partial charge in [-0.1, -0.05) is 19.8 Å². The number of aliphatic hydroxyl groups is 3. The van der Waals surface area contributed by atoms with E-state index in [2.05, 4.69) is 4.98 Å². The molecule has 0 aromatic carbocycles. The minimum atomic E-state index is -1.56. The molecule has 1 fully saturated rings. The molecule has 1 aromatic rings. The smallest absolute Gasteiger partial charge is 0.412 e. The van der Waals surface area contributed by atoms with Gasteiger partial charge in [0.15, 0.2) is 17.9 Å². The first-order chi connectivity index (χ1) is 12.4. The number of hydrogen-bond acceptors (Lipinski definition) is 8. The van der Waals surface area contributed by atoms with Crippen LogP contribution in [0.4, 0.5) is 15.0 Å². The number of hydrogen-bond donors (Lipinski definition) is 4. The lowest BCUT2D eigenvalue weighted by Gasteiger charge is -2.17. The molecule has 10 nitrogen and oxygen atoms in total. The van der Waals surface area contributed by atoms with Crippen LogP contribution in [0.5, 0.6) is 0 Å². The Morgan fingerprint density at radius 3 is 2.77 bits per heavy atom. The average molecular weight is 375 g/mol. The Balaban J connectivity index is 2.09. The molecule has 1 aliphatic rings. The number of carbonyl (C=O) groups excluding carboxylic acids is 1. The first-order valence-electron chi connectivity index (χ1n) is 8.24.